The first-order valence-electron chi connectivity index (χ1n) is 6.86. The molecule has 7 heteroatoms. The molecule has 0 radical (unpaired) electrons. The standard InChI is InChI=1S/C16H13N3O3S/c1-10-13(5-4-11-3-2-6-17-8-11)18-16-19(15(10)22)12(9-23-16)7-14(20)21/h2-6,8-9H,7H2,1H3,(H,20,21). The van der Waals surface area contributed by atoms with Crippen molar-refractivity contribution >= 4 is 34.4 Å². The number of rotatable bonds is 4. The van der Waals surface area contributed by atoms with Gasteiger partial charge < -0.3 is 5.11 Å². The number of carbonyl (C=O) groups is 1. The Morgan fingerprint density at radius 1 is 1.43 bits per heavy atom. The zero-order valence-electron chi connectivity index (χ0n) is 12.3. The maximum atomic E-state index is 12.5. The smallest absolute Gasteiger partial charge is 0.309 e. The average molecular weight is 327 g/mol. The molecule has 116 valence electrons. The van der Waals surface area contributed by atoms with Crippen molar-refractivity contribution in [1.29, 1.82) is 0 Å². The number of carboxylic acids is 1. The van der Waals surface area contributed by atoms with Gasteiger partial charge in [0.1, 0.15) is 0 Å². The number of carboxylic acid groups (broad SMARTS) is 1. The lowest BCUT2D eigenvalue weighted by atomic mass is 10.2. The first kappa shape index (κ1) is 15.1. The summed E-state index contributed by atoms with van der Waals surface area (Å²) in [6.07, 6.45) is 6.81. The Balaban J connectivity index is 2.07. The minimum Gasteiger partial charge on any atom is -0.481 e. The number of hydrogen-bond acceptors (Lipinski definition) is 5. The van der Waals surface area contributed by atoms with Crippen molar-refractivity contribution in [2.45, 2.75) is 13.3 Å². The van der Waals surface area contributed by atoms with Gasteiger partial charge in [-0.1, -0.05) is 12.1 Å². The monoisotopic (exact) mass is 327 g/mol. The lowest BCUT2D eigenvalue weighted by molar-refractivity contribution is -0.136. The topological polar surface area (TPSA) is 84.6 Å². The summed E-state index contributed by atoms with van der Waals surface area (Å²) in [5.74, 6) is -0.977. The van der Waals surface area contributed by atoms with E-state index in [1.54, 1.807) is 30.8 Å². The van der Waals surface area contributed by atoms with Gasteiger partial charge in [-0.3, -0.25) is 19.0 Å². The summed E-state index contributed by atoms with van der Waals surface area (Å²) in [5, 5.41) is 10.6. The van der Waals surface area contributed by atoms with E-state index in [4.69, 9.17) is 5.11 Å². The van der Waals surface area contributed by atoms with Crippen molar-refractivity contribution < 1.29 is 9.90 Å². The molecule has 0 atom stereocenters. The van der Waals surface area contributed by atoms with E-state index in [1.165, 1.54) is 15.7 Å². The van der Waals surface area contributed by atoms with E-state index < -0.39 is 5.97 Å². The van der Waals surface area contributed by atoms with E-state index in [0.29, 0.717) is 21.9 Å². The van der Waals surface area contributed by atoms with Crippen molar-refractivity contribution in [3.05, 3.63) is 62.8 Å². The van der Waals surface area contributed by atoms with Gasteiger partial charge >= 0.3 is 5.97 Å². The third-order valence-corrected chi connectivity index (χ3v) is 4.23. The highest BCUT2D eigenvalue weighted by Crippen LogP contribution is 2.16. The minimum atomic E-state index is -0.977. The molecular weight excluding hydrogens is 314 g/mol. The second-order valence-corrected chi connectivity index (χ2v) is 5.80. The molecule has 0 saturated heterocycles. The molecule has 1 N–H and O–H groups in total. The fourth-order valence-corrected chi connectivity index (χ4v) is 3.08. The predicted molar refractivity (Wildman–Crippen MR) is 88.6 cm³/mol. The van der Waals surface area contributed by atoms with Crippen LogP contribution in [0.4, 0.5) is 0 Å². The van der Waals surface area contributed by atoms with E-state index in [0.717, 1.165) is 5.56 Å². The average Bonchev–Trinajstić information content (AvgIpc) is 2.92. The van der Waals surface area contributed by atoms with Crippen LogP contribution in [-0.4, -0.2) is 25.4 Å². The molecule has 23 heavy (non-hydrogen) atoms. The Bertz CT molecular complexity index is 958. The molecule has 3 heterocycles. The molecule has 3 aromatic rings. The summed E-state index contributed by atoms with van der Waals surface area (Å²) >= 11 is 1.26. The number of fused-ring (bicyclic) bond motifs is 1. The summed E-state index contributed by atoms with van der Waals surface area (Å²) in [5.41, 5.74) is 2.17. The molecule has 0 aliphatic carbocycles. The molecule has 0 spiro atoms. The SMILES string of the molecule is Cc1c(C=Cc2cccnc2)nc2scc(CC(=O)O)n2c1=O. The van der Waals surface area contributed by atoms with Crippen LogP contribution in [0.3, 0.4) is 0 Å². The summed E-state index contributed by atoms with van der Waals surface area (Å²) in [6, 6.07) is 3.73. The molecule has 0 aromatic carbocycles. The van der Waals surface area contributed by atoms with E-state index in [2.05, 4.69) is 9.97 Å². The largest absolute Gasteiger partial charge is 0.481 e. The fraction of sp³-hybridized carbons (Fsp3) is 0.125. The van der Waals surface area contributed by atoms with Gasteiger partial charge in [0.15, 0.2) is 4.96 Å². The van der Waals surface area contributed by atoms with Crippen LogP contribution in [0.15, 0.2) is 34.7 Å². The van der Waals surface area contributed by atoms with E-state index in [-0.39, 0.29) is 12.0 Å². The van der Waals surface area contributed by atoms with E-state index in [9.17, 15) is 9.59 Å². The molecule has 0 bridgehead atoms. The molecule has 0 amide bonds. The van der Waals surface area contributed by atoms with Crippen molar-refractivity contribution in [1.82, 2.24) is 14.4 Å². The number of thiazole rings is 1. The zero-order chi connectivity index (χ0) is 16.4. The number of aliphatic carboxylic acids is 1. The molecule has 6 nitrogen and oxygen atoms in total. The van der Waals surface area contributed by atoms with Gasteiger partial charge in [-0.2, -0.15) is 0 Å². The van der Waals surface area contributed by atoms with E-state index in [1.807, 2.05) is 18.2 Å². The molecule has 0 aliphatic heterocycles. The van der Waals surface area contributed by atoms with Gasteiger partial charge in [-0.05, 0) is 24.6 Å². The van der Waals surface area contributed by atoms with Gasteiger partial charge in [0.2, 0.25) is 0 Å². The van der Waals surface area contributed by atoms with Crippen molar-refractivity contribution in [2.24, 2.45) is 0 Å². The first-order chi connectivity index (χ1) is 11.1. The maximum Gasteiger partial charge on any atom is 0.309 e. The molecule has 3 rings (SSSR count). The summed E-state index contributed by atoms with van der Waals surface area (Å²) in [6.45, 7) is 1.69. The van der Waals surface area contributed by atoms with Crippen molar-refractivity contribution in [3.8, 4) is 0 Å². The van der Waals surface area contributed by atoms with Gasteiger partial charge in [0.25, 0.3) is 5.56 Å². The predicted octanol–water partition coefficient (Wildman–Crippen LogP) is 2.26. The van der Waals surface area contributed by atoms with Gasteiger partial charge in [-0.15, -0.1) is 11.3 Å². The Labute approximate surface area is 135 Å². The Morgan fingerprint density at radius 3 is 2.96 bits per heavy atom. The van der Waals surface area contributed by atoms with Gasteiger partial charge in [0.05, 0.1) is 12.1 Å². The van der Waals surface area contributed by atoms with Crippen molar-refractivity contribution in [3.63, 3.8) is 0 Å². The number of pyridine rings is 1. The second kappa shape index (κ2) is 6.13. The Morgan fingerprint density at radius 2 is 2.26 bits per heavy atom. The van der Waals surface area contributed by atoms with Crippen LogP contribution in [-0.2, 0) is 11.2 Å². The van der Waals surface area contributed by atoms with Crippen molar-refractivity contribution in [2.75, 3.05) is 0 Å². The van der Waals surface area contributed by atoms with Gasteiger partial charge in [0, 0.05) is 29.0 Å². The maximum absolute atomic E-state index is 12.5. The zero-order valence-corrected chi connectivity index (χ0v) is 13.1. The number of nitrogens with zero attached hydrogens (tertiary/aromatic N) is 3. The Kier molecular flexibility index (Phi) is 4.03. The summed E-state index contributed by atoms with van der Waals surface area (Å²) < 4.78 is 1.37. The molecule has 0 fully saturated rings. The third-order valence-electron chi connectivity index (χ3n) is 3.35. The fourth-order valence-electron chi connectivity index (χ4n) is 2.19. The summed E-state index contributed by atoms with van der Waals surface area (Å²) in [4.78, 5) is 32.4. The lowest BCUT2D eigenvalue weighted by Crippen LogP contribution is -2.21. The lowest BCUT2D eigenvalue weighted by Gasteiger charge is -2.03. The van der Waals surface area contributed by atoms with Crippen LogP contribution in [0.1, 0.15) is 22.5 Å². The highest BCUT2D eigenvalue weighted by atomic mass is 32.1. The van der Waals surface area contributed by atoms with Crippen LogP contribution >= 0.6 is 11.3 Å². The Hall–Kier alpha value is -2.80. The number of hydrogen-bond donors (Lipinski definition) is 1. The van der Waals surface area contributed by atoms with Crippen LogP contribution in [0.5, 0.6) is 0 Å². The molecule has 3 aromatic heterocycles. The molecule has 0 unspecified atom stereocenters. The highest BCUT2D eigenvalue weighted by Gasteiger charge is 2.14. The minimum absolute atomic E-state index is 0.202. The normalized spacial score (nSPS) is 11.3. The molecule has 0 saturated carbocycles. The second-order valence-electron chi connectivity index (χ2n) is 4.96. The summed E-state index contributed by atoms with van der Waals surface area (Å²) in [7, 11) is 0. The van der Waals surface area contributed by atoms with Crippen LogP contribution < -0.4 is 5.56 Å². The van der Waals surface area contributed by atoms with Crippen LogP contribution in [0, 0.1) is 6.92 Å². The molecular formula is C16H13N3O3S. The van der Waals surface area contributed by atoms with Gasteiger partial charge in [-0.25, -0.2) is 4.98 Å². The van der Waals surface area contributed by atoms with Crippen LogP contribution in [0.25, 0.3) is 17.1 Å². The van der Waals surface area contributed by atoms with Crippen LogP contribution in [0.2, 0.25) is 0 Å². The van der Waals surface area contributed by atoms with E-state index >= 15 is 0 Å². The number of aromatic nitrogens is 3. The quantitative estimate of drug-likeness (QED) is 0.794. The first-order valence-corrected chi connectivity index (χ1v) is 7.74. The third kappa shape index (κ3) is 3.04. The highest BCUT2D eigenvalue weighted by molar-refractivity contribution is 7.15. The molecule has 0 aliphatic rings.